The van der Waals surface area contributed by atoms with Crippen molar-refractivity contribution in [2.24, 2.45) is 0 Å². The molecule has 15 heavy (non-hydrogen) atoms. The second-order valence-electron chi connectivity index (χ2n) is 2.78. The molecule has 82 valence electrons. The predicted octanol–water partition coefficient (Wildman–Crippen LogP) is 2.57. The Balaban J connectivity index is 2.65. The number of benzene rings is 1. The number of aliphatic hydroxyl groups is 1. The smallest absolute Gasteiger partial charge is 0.253 e. The lowest BCUT2D eigenvalue weighted by Crippen LogP contribution is -2.42. The summed E-state index contributed by atoms with van der Waals surface area (Å²) in [5.74, 6) is -0.342. The maximum absolute atomic E-state index is 11.6. The van der Waals surface area contributed by atoms with Gasteiger partial charge in [0.05, 0.1) is 0 Å². The maximum Gasteiger partial charge on any atom is 0.253 e. The first-order chi connectivity index (χ1) is 6.91. The van der Waals surface area contributed by atoms with Crippen LogP contribution in [0.5, 0.6) is 0 Å². The summed E-state index contributed by atoms with van der Waals surface area (Å²) in [5.41, 5.74) is 0.494. The van der Waals surface area contributed by atoms with Crippen LogP contribution in [0.25, 0.3) is 0 Å². The van der Waals surface area contributed by atoms with Gasteiger partial charge in [-0.15, -0.1) is 0 Å². The predicted molar refractivity (Wildman–Crippen MR) is 69.4 cm³/mol. The molecule has 0 aliphatic heterocycles. The summed E-state index contributed by atoms with van der Waals surface area (Å²) in [6.45, 7) is 0. The molecule has 0 aliphatic carbocycles. The lowest BCUT2D eigenvalue weighted by molar-refractivity contribution is 0.0810. The van der Waals surface area contributed by atoms with Crippen molar-refractivity contribution in [1.82, 2.24) is 5.32 Å². The molecule has 1 rings (SSSR count). The van der Waals surface area contributed by atoms with E-state index in [1.54, 1.807) is 24.3 Å². The maximum atomic E-state index is 11.6. The van der Waals surface area contributed by atoms with E-state index in [0.717, 1.165) is 0 Å². The number of carbonyl (C=O) groups is 1. The monoisotopic (exact) mass is 399 g/mol. The average Bonchev–Trinajstić information content (AvgIpc) is 2.17. The normalized spacial score (nSPS) is 13.3. The highest BCUT2D eigenvalue weighted by Crippen LogP contribution is 2.36. The first kappa shape index (κ1) is 13.2. The summed E-state index contributed by atoms with van der Waals surface area (Å²) < 4.78 is -0.919. The van der Waals surface area contributed by atoms with Crippen molar-refractivity contribution in [3.05, 3.63) is 35.9 Å². The SMILES string of the molecule is O=C(N[C@@H](O)C(Br)(Br)Br)c1ccccc1. The minimum Gasteiger partial charge on any atom is -0.370 e. The number of hydrogen-bond donors (Lipinski definition) is 2. The number of alkyl halides is 3. The molecule has 0 aromatic heterocycles. The fourth-order valence-electron chi connectivity index (χ4n) is 0.879. The number of aliphatic hydroxyl groups excluding tert-OH is 1. The Kier molecular flexibility index (Phi) is 4.76. The molecule has 3 nitrogen and oxygen atoms in total. The van der Waals surface area contributed by atoms with Gasteiger partial charge in [-0.05, 0) is 12.1 Å². The zero-order valence-electron chi connectivity index (χ0n) is 7.45. The van der Waals surface area contributed by atoms with Crippen molar-refractivity contribution in [2.45, 2.75) is 8.37 Å². The van der Waals surface area contributed by atoms with Crippen LogP contribution in [0.15, 0.2) is 30.3 Å². The summed E-state index contributed by atoms with van der Waals surface area (Å²) in [6.07, 6.45) is -1.09. The molecule has 0 aliphatic rings. The van der Waals surface area contributed by atoms with E-state index in [1.807, 2.05) is 6.07 Å². The number of halogens is 3. The van der Waals surface area contributed by atoms with Crippen molar-refractivity contribution >= 4 is 53.7 Å². The van der Waals surface area contributed by atoms with Gasteiger partial charge in [0.15, 0.2) is 8.37 Å². The molecule has 0 unspecified atom stereocenters. The highest BCUT2D eigenvalue weighted by atomic mass is 80.0. The molecule has 1 atom stereocenters. The van der Waals surface area contributed by atoms with Gasteiger partial charge in [-0.2, -0.15) is 0 Å². The largest absolute Gasteiger partial charge is 0.370 e. The van der Waals surface area contributed by atoms with Gasteiger partial charge in [0.1, 0.15) is 0 Å². The van der Waals surface area contributed by atoms with Crippen molar-refractivity contribution < 1.29 is 9.90 Å². The number of amides is 1. The Morgan fingerprint density at radius 2 is 1.80 bits per heavy atom. The van der Waals surface area contributed by atoms with Gasteiger partial charge in [-0.25, -0.2) is 0 Å². The Morgan fingerprint density at radius 1 is 1.27 bits per heavy atom. The van der Waals surface area contributed by atoms with E-state index in [1.165, 1.54) is 0 Å². The third-order valence-corrected chi connectivity index (χ3v) is 2.91. The molecule has 0 fully saturated rings. The first-order valence-corrected chi connectivity index (χ1v) is 6.40. The molecule has 0 heterocycles. The molecule has 0 saturated carbocycles. The Labute approximate surface area is 113 Å². The van der Waals surface area contributed by atoms with Crippen LogP contribution in [0.4, 0.5) is 0 Å². The van der Waals surface area contributed by atoms with Crippen molar-refractivity contribution in [1.29, 1.82) is 0 Å². The van der Waals surface area contributed by atoms with E-state index in [4.69, 9.17) is 0 Å². The van der Waals surface area contributed by atoms with Crippen LogP contribution in [0.2, 0.25) is 0 Å². The molecule has 1 aromatic carbocycles. The second-order valence-corrected chi connectivity index (χ2v) is 9.73. The summed E-state index contributed by atoms with van der Waals surface area (Å²) in [6, 6.07) is 8.66. The van der Waals surface area contributed by atoms with Gasteiger partial charge in [0.2, 0.25) is 0 Å². The van der Waals surface area contributed by atoms with E-state index in [-0.39, 0.29) is 5.91 Å². The van der Waals surface area contributed by atoms with E-state index >= 15 is 0 Å². The zero-order valence-corrected chi connectivity index (χ0v) is 12.2. The van der Waals surface area contributed by atoms with Gasteiger partial charge in [-0.3, -0.25) is 4.79 Å². The van der Waals surface area contributed by atoms with Crippen LogP contribution in [0.1, 0.15) is 10.4 Å². The third kappa shape index (κ3) is 4.22. The molecule has 2 N–H and O–H groups in total. The average molecular weight is 402 g/mol. The van der Waals surface area contributed by atoms with Gasteiger partial charge in [0, 0.05) is 5.56 Å². The van der Waals surface area contributed by atoms with E-state index in [0.29, 0.717) is 5.56 Å². The molecule has 0 bridgehead atoms. The second kappa shape index (κ2) is 5.43. The summed E-state index contributed by atoms with van der Waals surface area (Å²) >= 11 is 9.34. The lowest BCUT2D eigenvalue weighted by Gasteiger charge is -2.21. The van der Waals surface area contributed by atoms with Crippen molar-refractivity contribution in [3.8, 4) is 0 Å². The molecule has 0 spiro atoms. The quantitative estimate of drug-likeness (QED) is 0.591. The fourth-order valence-corrected chi connectivity index (χ4v) is 1.22. The summed E-state index contributed by atoms with van der Waals surface area (Å²) in [4.78, 5) is 11.6. The van der Waals surface area contributed by atoms with Crippen LogP contribution < -0.4 is 5.32 Å². The third-order valence-electron chi connectivity index (χ3n) is 1.61. The number of nitrogens with one attached hydrogen (secondary N) is 1. The van der Waals surface area contributed by atoms with Crippen LogP contribution in [-0.2, 0) is 0 Å². The summed E-state index contributed by atoms with van der Waals surface area (Å²) in [7, 11) is 0. The number of hydrogen-bond acceptors (Lipinski definition) is 2. The van der Waals surface area contributed by atoms with Gasteiger partial charge >= 0.3 is 0 Å². The molecule has 0 radical (unpaired) electrons. The van der Waals surface area contributed by atoms with Crippen LogP contribution in [0.3, 0.4) is 0 Å². The topological polar surface area (TPSA) is 49.3 Å². The standard InChI is InChI=1S/C9H8Br3NO2/c10-9(11,12)8(15)13-7(14)6-4-2-1-3-5-6/h1-5,8,15H,(H,13,14)/t8-/m0/s1. The first-order valence-electron chi connectivity index (χ1n) is 4.02. The Bertz CT molecular complexity index is 337. The van der Waals surface area contributed by atoms with Gasteiger partial charge < -0.3 is 10.4 Å². The molecule has 0 saturated heterocycles. The van der Waals surface area contributed by atoms with Gasteiger partial charge in [0.25, 0.3) is 5.91 Å². The fraction of sp³-hybridized carbons (Fsp3) is 0.222. The van der Waals surface area contributed by atoms with Crippen molar-refractivity contribution in [3.63, 3.8) is 0 Å². The molecule has 1 amide bonds. The van der Waals surface area contributed by atoms with Crippen LogP contribution in [-0.4, -0.2) is 19.4 Å². The highest BCUT2D eigenvalue weighted by Gasteiger charge is 2.30. The molecule has 6 heteroatoms. The molecular formula is C9H8Br3NO2. The van der Waals surface area contributed by atoms with E-state index in [9.17, 15) is 9.90 Å². The number of carbonyl (C=O) groups excluding carboxylic acids is 1. The van der Waals surface area contributed by atoms with Crippen molar-refractivity contribution in [2.75, 3.05) is 0 Å². The Morgan fingerprint density at radius 3 is 2.27 bits per heavy atom. The minimum absolute atomic E-state index is 0.342. The molecule has 1 aromatic rings. The van der Waals surface area contributed by atoms with Gasteiger partial charge in [-0.1, -0.05) is 66.0 Å². The Hall–Kier alpha value is 0.0900. The van der Waals surface area contributed by atoms with E-state index in [2.05, 4.69) is 53.1 Å². The lowest BCUT2D eigenvalue weighted by atomic mass is 10.2. The molecular weight excluding hydrogens is 394 g/mol. The zero-order chi connectivity index (χ0) is 11.5. The van der Waals surface area contributed by atoms with Crippen LogP contribution >= 0.6 is 47.8 Å². The number of rotatable bonds is 2. The van der Waals surface area contributed by atoms with Crippen LogP contribution in [0, 0.1) is 0 Å². The highest BCUT2D eigenvalue weighted by molar-refractivity contribution is 9.39. The minimum atomic E-state index is -1.09. The summed E-state index contributed by atoms with van der Waals surface area (Å²) in [5, 5.41) is 12.0. The van der Waals surface area contributed by atoms with E-state index < -0.39 is 8.37 Å².